The highest BCUT2D eigenvalue weighted by Crippen LogP contribution is 1.96. The highest BCUT2D eigenvalue weighted by Gasteiger charge is 2.15. The second kappa shape index (κ2) is 6.06. The molecule has 0 radical (unpaired) electrons. The number of hydrogen-bond acceptors (Lipinski definition) is 4. The smallest absolute Gasteiger partial charge is 0.321 e. The maximum absolute atomic E-state index is 11.2. The minimum absolute atomic E-state index is 0.218. The van der Waals surface area contributed by atoms with Crippen LogP contribution in [-0.2, 0) is 9.59 Å². The van der Waals surface area contributed by atoms with Crippen molar-refractivity contribution in [3.8, 4) is 0 Å². The van der Waals surface area contributed by atoms with Gasteiger partial charge in [0.1, 0.15) is 0 Å². The Morgan fingerprint density at radius 1 is 1.12 bits per heavy atom. The van der Waals surface area contributed by atoms with Gasteiger partial charge in [0.25, 0.3) is 0 Å². The zero-order valence-electron chi connectivity index (χ0n) is 9.59. The summed E-state index contributed by atoms with van der Waals surface area (Å²) in [6, 6.07) is -0.602. The minimum Gasteiger partial charge on any atom is -0.480 e. The lowest BCUT2D eigenvalue weighted by molar-refractivity contribution is -0.135. The summed E-state index contributed by atoms with van der Waals surface area (Å²) in [7, 11) is 0. The van der Waals surface area contributed by atoms with Crippen molar-refractivity contribution in [2.24, 2.45) is 0 Å². The first-order valence-corrected chi connectivity index (χ1v) is 4.75. The van der Waals surface area contributed by atoms with Gasteiger partial charge in [-0.15, -0.1) is 0 Å². The molecule has 7 nitrogen and oxygen atoms in total. The molecule has 0 fully saturated rings. The van der Waals surface area contributed by atoms with Crippen LogP contribution in [-0.4, -0.2) is 41.6 Å². The molecule has 0 aromatic carbocycles. The van der Waals surface area contributed by atoms with Crippen LogP contribution in [0.15, 0.2) is 0 Å². The quantitative estimate of drug-likeness (QED) is 0.511. The third-order valence-electron chi connectivity index (χ3n) is 1.30. The van der Waals surface area contributed by atoms with Gasteiger partial charge in [0.15, 0.2) is 0 Å². The molecule has 0 aromatic heterocycles. The molecular formula is C9H17N3O4. The fourth-order valence-corrected chi connectivity index (χ4v) is 0.826. The fourth-order valence-electron chi connectivity index (χ4n) is 0.826. The van der Waals surface area contributed by atoms with Gasteiger partial charge in [0.05, 0.1) is 13.1 Å². The molecule has 0 spiro atoms. The van der Waals surface area contributed by atoms with E-state index in [0.717, 1.165) is 0 Å². The molecule has 16 heavy (non-hydrogen) atoms. The highest BCUT2D eigenvalue weighted by molar-refractivity contribution is 5.95. The number of rotatable bonds is 4. The van der Waals surface area contributed by atoms with E-state index in [2.05, 4.69) is 16.0 Å². The molecule has 0 aliphatic rings. The summed E-state index contributed by atoms with van der Waals surface area (Å²) in [5.41, 5.74) is -0.432. The first kappa shape index (κ1) is 14.4. The van der Waals surface area contributed by atoms with E-state index in [9.17, 15) is 14.4 Å². The van der Waals surface area contributed by atoms with Crippen molar-refractivity contribution in [3.05, 3.63) is 0 Å². The maximum atomic E-state index is 11.2. The average molecular weight is 231 g/mol. The number of carboxylic acid groups (broad SMARTS) is 1. The molecule has 0 aliphatic carbocycles. The Morgan fingerprint density at radius 3 is 2.12 bits per heavy atom. The first-order chi connectivity index (χ1) is 7.20. The summed E-state index contributed by atoms with van der Waals surface area (Å²) in [6.07, 6.45) is 0. The molecule has 0 aliphatic heterocycles. The molecule has 7 heteroatoms. The third kappa shape index (κ3) is 8.95. The normalized spacial score (nSPS) is 10.7. The van der Waals surface area contributed by atoms with Crippen molar-refractivity contribution >= 4 is 17.9 Å². The summed E-state index contributed by atoms with van der Waals surface area (Å²) in [4.78, 5) is 32.4. The van der Waals surface area contributed by atoms with E-state index in [-0.39, 0.29) is 13.1 Å². The van der Waals surface area contributed by atoms with Crippen LogP contribution >= 0.6 is 0 Å². The molecule has 0 saturated heterocycles. The molecule has 0 rings (SSSR count). The lowest BCUT2D eigenvalue weighted by Crippen LogP contribution is -2.50. The Labute approximate surface area is 93.6 Å². The van der Waals surface area contributed by atoms with Crippen molar-refractivity contribution in [1.82, 2.24) is 16.0 Å². The Morgan fingerprint density at radius 2 is 1.69 bits per heavy atom. The third-order valence-corrected chi connectivity index (χ3v) is 1.30. The second-order valence-electron chi connectivity index (χ2n) is 4.25. The summed E-state index contributed by atoms with van der Waals surface area (Å²) in [5.74, 6) is -1.64. The number of carbonyl (C=O) groups excluding carboxylic acids is 2. The van der Waals surface area contributed by atoms with E-state index in [0.29, 0.717) is 0 Å². The van der Waals surface area contributed by atoms with Crippen LogP contribution in [0.1, 0.15) is 20.8 Å². The number of nitrogens with one attached hydrogen (secondary N) is 3. The molecule has 0 aromatic rings. The van der Waals surface area contributed by atoms with Crippen LogP contribution in [0, 0.1) is 0 Å². The van der Waals surface area contributed by atoms with Crippen molar-refractivity contribution in [2.75, 3.05) is 13.1 Å². The van der Waals surface area contributed by atoms with Crippen molar-refractivity contribution < 1.29 is 19.5 Å². The van der Waals surface area contributed by atoms with Gasteiger partial charge in [-0.1, -0.05) is 0 Å². The summed E-state index contributed by atoms with van der Waals surface area (Å²) < 4.78 is 0. The molecule has 0 unspecified atom stereocenters. The summed E-state index contributed by atoms with van der Waals surface area (Å²) >= 11 is 0. The van der Waals surface area contributed by atoms with Crippen LogP contribution in [0.25, 0.3) is 0 Å². The molecule has 92 valence electrons. The largest absolute Gasteiger partial charge is 0.480 e. The maximum Gasteiger partial charge on any atom is 0.321 e. The Kier molecular flexibility index (Phi) is 5.44. The number of amides is 3. The van der Waals surface area contributed by atoms with E-state index < -0.39 is 23.4 Å². The van der Waals surface area contributed by atoms with E-state index in [1.165, 1.54) is 0 Å². The van der Waals surface area contributed by atoms with Gasteiger partial charge in [0.2, 0.25) is 5.91 Å². The van der Waals surface area contributed by atoms with Gasteiger partial charge in [-0.25, -0.2) is 4.79 Å². The number of carboxylic acids is 1. The van der Waals surface area contributed by atoms with Crippen LogP contribution in [0.3, 0.4) is 0 Å². The zero-order valence-corrected chi connectivity index (χ0v) is 9.59. The molecule has 4 N–H and O–H groups in total. The van der Waals surface area contributed by atoms with Gasteiger partial charge in [-0.3, -0.25) is 20.2 Å². The summed E-state index contributed by atoms with van der Waals surface area (Å²) in [5, 5.41) is 15.2. The van der Waals surface area contributed by atoms with Gasteiger partial charge < -0.3 is 10.4 Å². The van der Waals surface area contributed by atoms with E-state index >= 15 is 0 Å². The zero-order chi connectivity index (χ0) is 12.8. The minimum atomic E-state index is -1.06. The Bertz CT molecular complexity index is 283. The van der Waals surface area contributed by atoms with Gasteiger partial charge in [-0.2, -0.15) is 0 Å². The van der Waals surface area contributed by atoms with E-state index in [1.54, 1.807) is 20.8 Å². The summed E-state index contributed by atoms with van der Waals surface area (Å²) in [6.45, 7) is 4.79. The van der Waals surface area contributed by atoms with Crippen molar-refractivity contribution in [3.63, 3.8) is 0 Å². The number of carbonyl (C=O) groups is 3. The van der Waals surface area contributed by atoms with Crippen LogP contribution < -0.4 is 16.0 Å². The molecule has 0 saturated carbocycles. The lowest BCUT2D eigenvalue weighted by atomic mass is 10.1. The SMILES string of the molecule is CC(C)(C)NC(=O)NC(=O)CNCC(=O)O. The average Bonchev–Trinajstić information content (AvgIpc) is 1.98. The number of hydrogen-bond donors (Lipinski definition) is 4. The highest BCUT2D eigenvalue weighted by atomic mass is 16.4. The first-order valence-electron chi connectivity index (χ1n) is 4.75. The van der Waals surface area contributed by atoms with Crippen LogP contribution in [0.2, 0.25) is 0 Å². The Hall–Kier alpha value is -1.63. The number of imide groups is 1. The number of aliphatic carboxylic acids is 1. The van der Waals surface area contributed by atoms with Gasteiger partial charge in [-0.05, 0) is 20.8 Å². The topological polar surface area (TPSA) is 108 Å². The fraction of sp³-hybridized carbons (Fsp3) is 0.667. The predicted molar refractivity (Wildman–Crippen MR) is 56.9 cm³/mol. The standard InChI is InChI=1S/C9H17N3O4/c1-9(2,3)12-8(16)11-6(13)4-10-5-7(14)15/h10H,4-5H2,1-3H3,(H,14,15)(H2,11,12,13,16). The van der Waals surface area contributed by atoms with E-state index in [4.69, 9.17) is 5.11 Å². The van der Waals surface area contributed by atoms with Crippen molar-refractivity contribution in [1.29, 1.82) is 0 Å². The lowest BCUT2D eigenvalue weighted by Gasteiger charge is -2.20. The second-order valence-corrected chi connectivity index (χ2v) is 4.25. The molecule has 3 amide bonds. The van der Waals surface area contributed by atoms with E-state index in [1.807, 2.05) is 0 Å². The van der Waals surface area contributed by atoms with Crippen LogP contribution in [0.5, 0.6) is 0 Å². The van der Waals surface area contributed by atoms with Crippen LogP contribution in [0.4, 0.5) is 4.79 Å². The molecule has 0 heterocycles. The van der Waals surface area contributed by atoms with Gasteiger partial charge in [0, 0.05) is 5.54 Å². The molecular weight excluding hydrogens is 214 g/mol. The molecule has 0 atom stereocenters. The predicted octanol–water partition coefficient (Wildman–Crippen LogP) is -0.715. The number of urea groups is 1. The van der Waals surface area contributed by atoms with Gasteiger partial charge >= 0.3 is 12.0 Å². The molecule has 0 bridgehead atoms. The monoisotopic (exact) mass is 231 g/mol. The van der Waals surface area contributed by atoms with Crippen molar-refractivity contribution in [2.45, 2.75) is 26.3 Å². The Balaban J connectivity index is 3.79.